The number of fused-ring (bicyclic) bond motifs is 1. The molecule has 2 heterocycles. The summed E-state index contributed by atoms with van der Waals surface area (Å²) < 4.78 is 5.18. The summed E-state index contributed by atoms with van der Waals surface area (Å²) in [4.78, 5) is 64.3. The number of carboxylic acids is 1. The summed E-state index contributed by atoms with van der Waals surface area (Å²) in [6, 6.07) is 4.65. The van der Waals surface area contributed by atoms with Crippen LogP contribution in [-0.4, -0.2) is 82.4 Å². The van der Waals surface area contributed by atoms with Crippen LogP contribution in [0.1, 0.15) is 85.9 Å². The Kier molecular flexibility index (Phi) is 10.2. The van der Waals surface area contributed by atoms with Gasteiger partial charge in [-0.05, 0) is 51.7 Å². The van der Waals surface area contributed by atoms with Gasteiger partial charge in [0.25, 0.3) is 11.8 Å². The molecule has 10 heteroatoms. The molecule has 0 spiro atoms. The van der Waals surface area contributed by atoms with Gasteiger partial charge >= 0.3 is 11.9 Å². The lowest BCUT2D eigenvalue weighted by Gasteiger charge is -2.27. The predicted octanol–water partition coefficient (Wildman–Crippen LogP) is 2.61. The molecule has 3 rings (SSSR count). The van der Waals surface area contributed by atoms with Crippen LogP contribution in [0.15, 0.2) is 24.3 Å². The number of benzene rings is 1. The maximum absolute atomic E-state index is 12.8. The fourth-order valence-corrected chi connectivity index (χ4v) is 5.01. The Labute approximate surface area is 217 Å². The Hall–Kier alpha value is -3.27. The van der Waals surface area contributed by atoms with E-state index in [0.29, 0.717) is 49.9 Å². The number of aliphatic carboxylic acids is 1. The van der Waals surface area contributed by atoms with Crippen LogP contribution in [-0.2, 0) is 19.1 Å². The highest BCUT2D eigenvalue weighted by molar-refractivity contribution is 6.21. The van der Waals surface area contributed by atoms with Crippen molar-refractivity contribution in [3.8, 4) is 0 Å². The van der Waals surface area contributed by atoms with Crippen molar-refractivity contribution in [2.75, 3.05) is 19.7 Å². The molecule has 0 radical (unpaired) electrons. The summed E-state index contributed by atoms with van der Waals surface area (Å²) in [5.41, 5.74) is 0.918. The molecule has 2 N–H and O–H groups in total. The molecular weight excluding hydrogens is 478 g/mol. The first-order valence-electron chi connectivity index (χ1n) is 13.2. The standard InChI is InChI=1S/C27H37N3O7/c1-3-37-27(36)21(28-18(2)23(31)29-17-11-15-22(29)26(34)35)14-7-5-4-6-10-16-30-24(32)19-12-8-9-13-20(19)25(30)33/h8-9,12-13,18,21-22,28H,3-7,10-11,14-17H2,1-2H3,(H,34,35)/t18-,21-,22-/m0/s1. The van der Waals surface area contributed by atoms with Crippen molar-refractivity contribution in [2.24, 2.45) is 0 Å². The summed E-state index contributed by atoms with van der Waals surface area (Å²) in [6.45, 7) is 4.37. The molecule has 0 saturated carbocycles. The van der Waals surface area contributed by atoms with Crippen LogP contribution < -0.4 is 5.32 Å². The number of carbonyl (C=O) groups excluding carboxylic acids is 4. The first-order valence-corrected chi connectivity index (χ1v) is 13.2. The van der Waals surface area contributed by atoms with Crippen LogP contribution in [0.2, 0.25) is 0 Å². The number of likely N-dealkylation sites (tertiary alicyclic amines) is 1. The lowest BCUT2D eigenvalue weighted by molar-refractivity contribution is -0.150. The minimum Gasteiger partial charge on any atom is -0.480 e. The zero-order chi connectivity index (χ0) is 26.9. The number of hydrogen-bond acceptors (Lipinski definition) is 7. The molecular formula is C27H37N3O7. The third kappa shape index (κ3) is 6.94. The van der Waals surface area contributed by atoms with Crippen molar-refractivity contribution in [2.45, 2.75) is 83.3 Å². The molecule has 0 unspecified atom stereocenters. The highest BCUT2D eigenvalue weighted by atomic mass is 16.5. The second-order valence-corrected chi connectivity index (χ2v) is 9.58. The molecule has 1 aromatic carbocycles. The molecule has 2 aliphatic heterocycles. The molecule has 0 aromatic heterocycles. The van der Waals surface area contributed by atoms with Gasteiger partial charge in [0.2, 0.25) is 5.91 Å². The fraction of sp³-hybridized carbons (Fsp3) is 0.593. The Morgan fingerprint density at radius 3 is 2.30 bits per heavy atom. The van der Waals surface area contributed by atoms with Gasteiger partial charge in [-0.3, -0.25) is 29.4 Å². The highest BCUT2D eigenvalue weighted by Crippen LogP contribution is 2.23. The normalized spacial score (nSPS) is 18.6. The quantitative estimate of drug-likeness (QED) is 0.219. The van der Waals surface area contributed by atoms with E-state index in [-0.39, 0.29) is 24.3 Å². The van der Waals surface area contributed by atoms with Crippen LogP contribution in [0.25, 0.3) is 0 Å². The van der Waals surface area contributed by atoms with Crippen LogP contribution in [0.3, 0.4) is 0 Å². The Morgan fingerprint density at radius 2 is 1.68 bits per heavy atom. The van der Waals surface area contributed by atoms with E-state index in [9.17, 15) is 29.1 Å². The zero-order valence-electron chi connectivity index (χ0n) is 21.6. The van der Waals surface area contributed by atoms with E-state index >= 15 is 0 Å². The maximum atomic E-state index is 12.8. The van der Waals surface area contributed by atoms with Gasteiger partial charge in [-0.1, -0.05) is 37.8 Å². The van der Waals surface area contributed by atoms with E-state index < -0.39 is 30.1 Å². The van der Waals surface area contributed by atoms with Crippen molar-refractivity contribution >= 4 is 29.7 Å². The monoisotopic (exact) mass is 515 g/mol. The number of nitrogens with one attached hydrogen (secondary N) is 1. The summed E-state index contributed by atoms with van der Waals surface area (Å²) in [5, 5.41) is 12.4. The molecule has 37 heavy (non-hydrogen) atoms. The van der Waals surface area contributed by atoms with Gasteiger partial charge in [0, 0.05) is 13.1 Å². The second kappa shape index (κ2) is 13.3. The van der Waals surface area contributed by atoms with Gasteiger partial charge in [0.15, 0.2) is 0 Å². The van der Waals surface area contributed by atoms with Crippen LogP contribution in [0, 0.1) is 0 Å². The van der Waals surface area contributed by atoms with E-state index in [2.05, 4.69) is 5.32 Å². The predicted molar refractivity (Wildman–Crippen MR) is 135 cm³/mol. The summed E-state index contributed by atoms with van der Waals surface area (Å²) in [6.07, 6.45) is 5.55. The van der Waals surface area contributed by atoms with Crippen LogP contribution in [0.4, 0.5) is 0 Å². The average Bonchev–Trinajstić information content (AvgIpc) is 3.47. The molecule has 2 aliphatic rings. The highest BCUT2D eigenvalue weighted by Gasteiger charge is 2.37. The SMILES string of the molecule is CCOC(=O)[C@H](CCCCCCCN1C(=O)c2ccccc2C1=O)N[C@@H](C)C(=O)N1CCC[C@H]1C(=O)O. The van der Waals surface area contributed by atoms with E-state index in [0.717, 1.165) is 25.7 Å². The van der Waals surface area contributed by atoms with Crippen LogP contribution >= 0.6 is 0 Å². The van der Waals surface area contributed by atoms with E-state index in [1.807, 2.05) is 0 Å². The average molecular weight is 516 g/mol. The van der Waals surface area contributed by atoms with Gasteiger partial charge in [-0.25, -0.2) is 4.79 Å². The largest absolute Gasteiger partial charge is 0.480 e. The summed E-state index contributed by atoms with van der Waals surface area (Å²) >= 11 is 0. The van der Waals surface area contributed by atoms with Crippen molar-refractivity contribution < 1.29 is 33.8 Å². The van der Waals surface area contributed by atoms with Gasteiger partial charge in [-0.15, -0.1) is 0 Å². The number of amides is 3. The Bertz CT molecular complexity index is 976. The number of carboxylic acid groups (broad SMARTS) is 1. The van der Waals surface area contributed by atoms with Crippen LogP contribution in [0.5, 0.6) is 0 Å². The molecule has 1 fully saturated rings. The number of hydrogen-bond donors (Lipinski definition) is 2. The maximum Gasteiger partial charge on any atom is 0.326 e. The Balaban J connectivity index is 1.40. The zero-order valence-corrected chi connectivity index (χ0v) is 21.6. The molecule has 0 aliphatic carbocycles. The molecule has 1 saturated heterocycles. The molecule has 3 amide bonds. The van der Waals surface area contributed by atoms with Gasteiger partial charge in [0.1, 0.15) is 12.1 Å². The minimum absolute atomic E-state index is 0.227. The van der Waals surface area contributed by atoms with E-state index in [4.69, 9.17) is 4.74 Å². The third-order valence-electron chi connectivity index (χ3n) is 6.97. The minimum atomic E-state index is -1.01. The van der Waals surface area contributed by atoms with Crippen molar-refractivity contribution in [3.63, 3.8) is 0 Å². The number of carbonyl (C=O) groups is 5. The number of unbranched alkanes of at least 4 members (excludes halogenated alkanes) is 4. The van der Waals surface area contributed by atoms with E-state index in [1.54, 1.807) is 38.1 Å². The fourth-order valence-electron chi connectivity index (χ4n) is 5.01. The number of esters is 1. The number of imide groups is 1. The lowest BCUT2D eigenvalue weighted by atomic mass is 10.0. The first-order chi connectivity index (χ1) is 17.8. The lowest BCUT2D eigenvalue weighted by Crippen LogP contribution is -2.53. The third-order valence-corrected chi connectivity index (χ3v) is 6.97. The van der Waals surface area contributed by atoms with E-state index in [1.165, 1.54) is 9.80 Å². The van der Waals surface area contributed by atoms with Gasteiger partial charge in [0.05, 0.1) is 23.8 Å². The molecule has 10 nitrogen and oxygen atoms in total. The van der Waals surface area contributed by atoms with Gasteiger partial charge in [-0.2, -0.15) is 0 Å². The smallest absolute Gasteiger partial charge is 0.326 e. The number of ether oxygens (including phenoxy) is 1. The molecule has 3 atom stereocenters. The number of rotatable bonds is 14. The molecule has 0 bridgehead atoms. The van der Waals surface area contributed by atoms with Crippen molar-refractivity contribution in [1.29, 1.82) is 0 Å². The van der Waals surface area contributed by atoms with Gasteiger partial charge < -0.3 is 14.7 Å². The topological polar surface area (TPSA) is 133 Å². The molecule has 202 valence electrons. The first kappa shape index (κ1) is 28.3. The van der Waals surface area contributed by atoms with Crippen molar-refractivity contribution in [3.05, 3.63) is 35.4 Å². The Morgan fingerprint density at radius 1 is 1.05 bits per heavy atom. The molecule has 1 aromatic rings. The van der Waals surface area contributed by atoms with Crippen molar-refractivity contribution in [1.82, 2.24) is 15.1 Å². The summed E-state index contributed by atoms with van der Waals surface area (Å²) in [7, 11) is 0. The summed E-state index contributed by atoms with van der Waals surface area (Å²) in [5.74, 6) is -2.24. The number of nitrogens with zero attached hydrogens (tertiary/aromatic N) is 2. The second-order valence-electron chi connectivity index (χ2n) is 9.58.